The van der Waals surface area contributed by atoms with E-state index in [1.54, 1.807) is 20.8 Å². The van der Waals surface area contributed by atoms with Crippen molar-refractivity contribution in [2.75, 3.05) is 12.4 Å². The zero-order valence-electron chi connectivity index (χ0n) is 10.0. The van der Waals surface area contributed by atoms with Gasteiger partial charge in [0.2, 0.25) is 11.7 Å². The molecule has 1 N–H and O–H groups in total. The Morgan fingerprint density at radius 3 is 2.18 bits per heavy atom. The van der Waals surface area contributed by atoms with Crippen LogP contribution in [0, 0.1) is 0 Å². The van der Waals surface area contributed by atoms with Gasteiger partial charge in [-0.25, -0.2) is 4.98 Å². The average molecular weight is 249 g/mol. The number of halogens is 3. The van der Waals surface area contributed by atoms with Gasteiger partial charge in [-0.15, -0.1) is 0 Å². The Morgan fingerprint density at radius 1 is 1.18 bits per heavy atom. The van der Waals surface area contributed by atoms with Crippen molar-refractivity contribution in [3.05, 3.63) is 11.9 Å². The number of alkyl halides is 3. The molecule has 0 fully saturated rings. The fourth-order valence-corrected chi connectivity index (χ4v) is 1.05. The fourth-order valence-electron chi connectivity index (χ4n) is 1.05. The molecule has 0 spiro atoms. The first kappa shape index (κ1) is 13.5. The first-order valence-corrected chi connectivity index (χ1v) is 4.95. The molecule has 0 aliphatic rings. The molecule has 96 valence electrons. The summed E-state index contributed by atoms with van der Waals surface area (Å²) in [5.74, 6) is -1.26. The van der Waals surface area contributed by atoms with E-state index in [9.17, 15) is 13.2 Å². The summed E-state index contributed by atoms with van der Waals surface area (Å²) in [6.07, 6.45) is -4.59. The summed E-state index contributed by atoms with van der Waals surface area (Å²) in [6, 6.07) is 1.32. The van der Waals surface area contributed by atoms with Crippen LogP contribution in [0.5, 0.6) is 5.88 Å². The molecule has 0 unspecified atom stereocenters. The van der Waals surface area contributed by atoms with Gasteiger partial charge in [0, 0.05) is 13.1 Å². The predicted octanol–water partition coefficient (Wildman–Crippen LogP) is 2.71. The van der Waals surface area contributed by atoms with Crippen LogP contribution in [0.25, 0.3) is 0 Å². The number of aromatic nitrogens is 2. The van der Waals surface area contributed by atoms with E-state index >= 15 is 0 Å². The normalized spacial score (nSPS) is 12.4. The highest BCUT2D eigenvalue weighted by Gasteiger charge is 2.36. The van der Waals surface area contributed by atoms with E-state index in [1.807, 2.05) is 0 Å². The molecule has 1 rings (SSSR count). The second-order valence-corrected chi connectivity index (χ2v) is 4.38. The molecular formula is C10H14F3N3O. The van der Waals surface area contributed by atoms with Crippen molar-refractivity contribution in [1.82, 2.24) is 9.97 Å². The van der Waals surface area contributed by atoms with Crippen molar-refractivity contribution in [3.63, 3.8) is 0 Å². The zero-order valence-corrected chi connectivity index (χ0v) is 10.0. The Balaban J connectivity index is 3.15. The van der Waals surface area contributed by atoms with E-state index in [1.165, 1.54) is 13.1 Å². The molecule has 4 nitrogen and oxygen atoms in total. The standard InChI is InChI=1S/C10H14F3N3O/c1-9(2,3)17-7-5-6(14-4)15-8(16-7)10(11,12)13/h5H,1-4H3,(H,14,15,16). The molecule has 0 aliphatic heterocycles. The van der Waals surface area contributed by atoms with Crippen LogP contribution in [0.4, 0.5) is 19.0 Å². The molecule has 0 saturated carbocycles. The Kier molecular flexibility index (Phi) is 3.49. The van der Waals surface area contributed by atoms with Crippen LogP contribution in [0.3, 0.4) is 0 Å². The zero-order chi connectivity index (χ0) is 13.3. The summed E-state index contributed by atoms with van der Waals surface area (Å²) in [7, 11) is 1.48. The van der Waals surface area contributed by atoms with Crippen molar-refractivity contribution in [2.24, 2.45) is 0 Å². The van der Waals surface area contributed by atoms with Crippen LogP contribution in [0.15, 0.2) is 6.07 Å². The lowest BCUT2D eigenvalue weighted by Crippen LogP contribution is -2.24. The Labute approximate surface area is 97.2 Å². The number of nitrogens with one attached hydrogen (secondary N) is 1. The highest BCUT2D eigenvalue weighted by molar-refractivity contribution is 5.38. The topological polar surface area (TPSA) is 47.0 Å². The monoisotopic (exact) mass is 249 g/mol. The molecule has 0 radical (unpaired) electrons. The highest BCUT2D eigenvalue weighted by atomic mass is 19.4. The first-order valence-electron chi connectivity index (χ1n) is 4.95. The lowest BCUT2D eigenvalue weighted by molar-refractivity contribution is -0.145. The van der Waals surface area contributed by atoms with Crippen molar-refractivity contribution in [2.45, 2.75) is 32.5 Å². The summed E-state index contributed by atoms with van der Waals surface area (Å²) in [5.41, 5.74) is -0.623. The third-order valence-corrected chi connectivity index (χ3v) is 1.62. The van der Waals surface area contributed by atoms with Gasteiger partial charge in [0.05, 0.1) is 0 Å². The second kappa shape index (κ2) is 4.38. The molecule has 1 aromatic rings. The number of hydrogen-bond acceptors (Lipinski definition) is 4. The van der Waals surface area contributed by atoms with E-state index in [4.69, 9.17) is 4.74 Å². The van der Waals surface area contributed by atoms with Gasteiger partial charge in [0.25, 0.3) is 0 Å². The summed E-state index contributed by atoms with van der Waals surface area (Å²) < 4.78 is 42.8. The smallest absolute Gasteiger partial charge is 0.451 e. The van der Waals surface area contributed by atoms with E-state index < -0.39 is 17.6 Å². The molecule has 7 heteroatoms. The van der Waals surface area contributed by atoms with Gasteiger partial charge >= 0.3 is 6.18 Å². The molecule has 0 saturated heterocycles. The van der Waals surface area contributed by atoms with Crippen molar-refractivity contribution < 1.29 is 17.9 Å². The van der Waals surface area contributed by atoms with Gasteiger partial charge in [-0.2, -0.15) is 18.2 Å². The third-order valence-electron chi connectivity index (χ3n) is 1.62. The van der Waals surface area contributed by atoms with Gasteiger partial charge < -0.3 is 10.1 Å². The number of hydrogen-bond donors (Lipinski definition) is 1. The third kappa shape index (κ3) is 4.08. The minimum atomic E-state index is -4.59. The largest absolute Gasteiger partial charge is 0.472 e. The Bertz CT molecular complexity index is 399. The van der Waals surface area contributed by atoms with E-state index in [-0.39, 0.29) is 11.7 Å². The molecule has 0 amide bonds. The molecule has 0 aliphatic carbocycles. The average Bonchev–Trinajstić information content (AvgIpc) is 2.13. The summed E-state index contributed by atoms with van der Waals surface area (Å²) in [5, 5.41) is 2.53. The SMILES string of the molecule is CNc1cc(OC(C)(C)C)nc(C(F)(F)F)n1. The Hall–Kier alpha value is -1.53. The summed E-state index contributed by atoms with van der Waals surface area (Å²) in [4.78, 5) is 6.67. The predicted molar refractivity (Wildman–Crippen MR) is 57.0 cm³/mol. The van der Waals surface area contributed by atoms with Crippen molar-refractivity contribution >= 4 is 5.82 Å². The van der Waals surface area contributed by atoms with Crippen molar-refractivity contribution in [1.29, 1.82) is 0 Å². The molecule has 1 aromatic heterocycles. The minimum Gasteiger partial charge on any atom is -0.472 e. The van der Waals surface area contributed by atoms with E-state index in [0.29, 0.717) is 0 Å². The molecule has 0 bridgehead atoms. The number of anilines is 1. The lowest BCUT2D eigenvalue weighted by Gasteiger charge is -2.21. The van der Waals surface area contributed by atoms with Crippen LogP contribution in [-0.4, -0.2) is 22.6 Å². The van der Waals surface area contributed by atoms with Crippen LogP contribution in [0.1, 0.15) is 26.6 Å². The van der Waals surface area contributed by atoms with Crippen LogP contribution in [-0.2, 0) is 6.18 Å². The van der Waals surface area contributed by atoms with Crippen LogP contribution in [0.2, 0.25) is 0 Å². The molecule has 1 heterocycles. The molecule has 0 aromatic carbocycles. The van der Waals surface area contributed by atoms with E-state index in [2.05, 4.69) is 15.3 Å². The second-order valence-electron chi connectivity index (χ2n) is 4.38. The van der Waals surface area contributed by atoms with E-state index in [0.717, 1.165) is 0 Å². The Morgan fingerprint density at radius 2 is 1.76 bits per heavy atom. The van der Waals surface area contributed by atoms with Gasteiger partial charge in [-0.3, -0.25) is 0 Å². The van der Waals surface area contributed by atoms with Crippen LogP contribution >= 0.6 is 0 Å². The number of ether oxygens (including phenoxy) is 1. The summed E-state index contributed by atoms with van der Waals surface area (Å²) in [6.45, 7) is 5.17. The van der Waals surface area contributed by atoms with Crippen molar-refractivity contribution in [3.8, 4) is 5.88 Å². The maximum absolute atomic E-state index is 12.5. The van der Waals surface area contributed by atoms with Gasteiger partial charge in [0.15, 0.2) is 0 Å². The van der Waals surface area contributed by atoms with Crippen LogP contribution < -0.4 is 10.1 Å². The fraction of sp³-hybridized carbons (Fsp3) is 0.600. The van der Waals surface area contributed by atoms with Gasteiger partial charge in [0.1, 0.15) is 11.4 Å². The first-order chi connectivity index (χ1) is 7.62. The summed E-state index contributed by atoms with van der Waals surface area (Å²) >= 11 is 0. The maximum Gasteiger partial charge on any atom is 0.451 e. The molecular weight excluding hydrogens is 235 g/mol. The quantitative estimate of drug-likeness (QED) is 0.875. The molecule has 0 atom stereocenters. The number of rotatable bonds is 2. The highest BCUT2D eigenvalue weighted by Crippen LogP contribution is 2.29. The van der Waals surface area contributed by atoms with Gasteiger partial charge in [-0.05, 0) is 20.8 Å². The number of nitrogens with zero attached hydrogens (tertiary/aromatic N) is 2. The molecule has 17 heavy (non-hydrogen) atoms. The minimum absolute atomic E-state index is 0.0616. The maximum atomic E-state index is 12.5. The van der Waals surface area contributed by atoms with Gasteiger partial charge in [-0.1, -0.05) is 0 Å². The lowest BCUT2D eigenvalue weighted by atomic mass is 10.2.